The van der Waals surface area contributed by atoms with Crippen molar-refractivity contribution >= 4 is 28.3 Å². The zero-order valence-corrected chi connectivity index (χ0v) is 23.9. The standard InChI is InChI=1S/C31H36N8O2/c1-20-10-23(30(41)38-18-31(19-38)16-35(3)17-31)12-33-29(20)36-8-9-39-21(2)13-37(15-24(39)14-36)26-6-4-22(11-32)28-25(26)5-7-27(40)34-28/h4-7,10,12,21,24H,8-9,13-19H2,1-3H3,(H,34,40). The summed E-state index contributed by atoms with van der Waals surface area (Å²) >= 11 is 0. The van der Waals surface area contributed by atoms with Crippen molar-refractivity contribution in [1.82, 2.24) is 24.7 Å². The number of nitriles is 1. The van der Waals surface area contributed by atoms with E-state index < -0.39 is 0 Å². The lowest BCUT2D eigenvalue weighted by Gasteiger charge is -2.59. The second kappa shape index (κ2) is 9.57. The number of nitrogens with zero attached hydrogens (tertiary/aromatic N) is 7. The number of pyridine rings is 2. The summed E-state index contributed by atoms with van der Waals surface area (Å²) < 4.78 is 0. The first-order chi connectivity index (χ1) is 19.7. The lowest BCUT2D eigenvalue weighted by Crippen LogP contribution is -2.72. The molecule has 0 aliphatic carbocycles. The molecule has 10 heteroatoms. The minimum atomic E-state index is -0.206. The van der Waals surface area contributed by atoms with E-state index in [2.05, 4.69) is 51.5 Å². The third-order valence-corrected chi connectivity index (χ3v) is 9.49. The Bertz CT molecular complexity index is 1630. The van der Waals surface area contributed by atoms with Crippen LogP contribution in [0.15, 0.2) is 41.3 Å². The maximum absolute atomic E-state index is 13.1. The van der Waals surface area contributed by atoms with Crippen LogP contribution in [0.25, 0.3) is 10.9 Å². The number of aromatic nitrogens is 2. The number of fused-ring (bicyclic) bond motifs is 2. The molecule has 10 nitrogen and oxygen atoms in total. The van der Waals surface area contributed by atoms with Gasteiger partial charge in [-0.05, 0) is 50.7 Å². The van der Waals surface area contributed by atoms with Gasteiger partial charge in [-0.2, -0.15) is 5.26 Å². The van der Waals surface area contributed by atoms with Gasteiger partial charge in [-0.25, -0.2) is 4.98 Å². The van der Waals surface area contributed by atoms with Crippen LogP contribution in [0.1, 0.15) is 28.4 Å². The number of carbonyl (C=O) groups excluding carboxylic acids is 1. The van der Waals surface area contributed by atoms with Crippen LogP contribution in [0.5, 0.6) is 0 Å². The van der Waals surface area contributed by atoms with Crippen molar-refractivity contribution in [2.75, 3.05) is 75.8 Å². The smallest absolute Gasteiger partial charge is 0.255 e. The van der Waals surface area contributed by atoms with Crippen LogP contribution in [-0.4, -0.2) is 109 Å². The van der Waals surface area contributed by atoms with Gasteiger partial charge in [0.25, 0.3) is 5.91 Å². The first-order valence-electron chi connectivity index (χ1n) is 14.5. The fourth-order valence-electron chi connectivity index (χ4n) is 7.76. The molecule has 4 aliphatic heterocycles. The molecule has 1 N–H and O–H groups in total. The minimum absolute atomic E-state index is 0.0879. The fraction of sp³-hybridized carbons (Fsp3) is 0.484. The van der Waals surface area contributed by atoms with Gasteiger partial charge in [0.05, 0.1) is 16.6 Å². The van der Waals surface area contributed by atoms with E-state index in [4.69, 9.17) is 4.98 Å². The predicted molar refractivity (Wildman–Crippen MR) is 158 cm³/mol. The predicted octanol–water partition coefficient (Wildman–Crippen LogP) is 1.89. The van der Waals surface area contributed by atoms with Gasteiger partial charge in [0.15, 0.2) is 0 Å². The Kier molecular flexibility index (Phi) is 6.07. The number of rotatable bonds is 3. The fourth-order valence-corrected chi connectivity index (χ4v) is 7.76. The van der Waals surface area contributed by atoms with Gasteiger partial charge in [-0.1, -0.05) is 0 Å². The molecule has 0 saturated carbocycles. The highest BCUT2D eigenvalue weighted by Crippen LogP contribution is 2.39. The Labute approximate surface area is 239 Å². The number of carbonyl (C=O) groups is 1. The van der Waals surface area contributed by atoms with Crippen LogP contribution in [0.3, 0.4) is 0 Å². The summed E-state index contributed by atoms with van der Waals surface area (Å²) in [5.41, 5.74) is 3.94. The molecule has 1 spiro atoms. The quantitative estimate of drug-likeness (QED) is 0.526. The molecule has 0 radical (unpaired) electrons. The SMILES string of the molecule is Cc1cc(C(=O)N2CC3(CN(C)C3)C2)cnc1N1CCN2C(C)CN(c3ccc(C#N)c4[nH]c(=O)ccc34)CC2C1. The number of amides is 1. The number of aryl methyl sites for hydroxylation is 1. The van der Waals surface area contributed by atoms with E-state index in [0.29, 0.717) is 34.1 Å². The molecular formula is C31H36N8O2. The number of likely N-dealkylation sites (tertiary alicyclic amines) is 2. The molecule has 6 heterocycles. The van der Waals surface area contributed by atoms with Crippen LogP contribution < -0.4 is 15.4 Å². The molecule has 4 aliphatic rings. The zero-order valence-electron chi connectivity index (χ0n) is 23.9. The highest BCUT2D eigenvalue weighted by Gasteiger charge is 2.52. The van der Waals surface area contributed by atoms with Gasteiger partial charge in [0.1, 0.15) is 11.9 Å². The molecule has 4 saturated heterocycles. The van der Waals surface area contributed by atoms with Crippen molar-refractivity contribution in [3.8, 4) is 6.07 Å². The second-order valence-corrected chi connectivity index (χ2v) is 12.6. The summed E-state index contributed by atoms with van der Waals surface area (Å²) in [6, 6.07) is 12.0. The number of H-pyrrole nitrogens is 1. The summed E-state index contributed by atoms with van der Waals surface area (Å²) in [5.74, 6) is 1.04. The third kappa shape index (κ3) is 4.35. The molecule has 1 aromatic carbocycles. The van der Waals surface area contributed by atoms with E-state index in [1.54, 1.807) is 12.3 Å². The average Bonchev–Trinajstić information content (AvgIpc) is 2.92. The summed E-state index contributed by atoms with van der Waals surface area (Å²) in [7, 11) is 2.13. The van der Waals surface area contributed by atoms with E-state index >= 15 is 0 Å². The van der Waals surface area contributed by atoms with E-state index in [-0.39, 0.29) is 11.5 Å². The monoisotopic (exact) mass is 552 g/mol. The van der Waals surface area contributed by atoms with Gasteiger partial charge >= 0.3 is 0 Å². The molecule has 7 rings (SSSR count). The van der Waals surface area contributed by atoms with Gasteiger partial charge < -0.3 is 24.6 Å². The maximum Gasteiger partial charge on any atom is 0.255 e. The van der Waals surface area contributed by atoms with E-state index in [0.717, 1.165) is 81.4 Å². The minimum Gasteiger partial charge on any atom is -0.368 e. The lowest BCUT2D eigenvalue weighted by molar-refractivity contribution is -0.0872. The summed E-state index contributed by atoms with van der Waals surface area (Å²) in [6.07, 6.45) is 1.76. The first kappa shape index (κ1) is 26.0. The molecule has 0 bridgehead atoms. The Hall–Kier alpha value is -3.94. The number of anilines is 2. The molecule has 1 amide bonds. The average molecular weight is 553 g/mol. The summed E-state index contributed by atoms with van der Waals surface area (Å²) in [4.78, 5) is 44.4. The van der Waals surface area contributed by atoms with Crippen LogP contribution in [0.4, 0.5) is 11.5 Å². The highest BCUT2D eigenvalue weighted by molar-refractivity contribution is 5.96. The third-order valence-electron chi connectivity index (χ3n) is 9.49. The normalized spacial score (nSPS) is 24.1. The summed E-state index contributed by atoms with van der Waals surface area (Å²) in [6.45, 7) is 12.6. The van der Waals surface area contributed by atoms with Gasteiger partial charge in [0.2, 0.25) is 5.56 Å². The first-order valence-corrected chi connectivity index (χ1v) is 14.5. The van der Waals surface area contributed by atoms with Crippen molar-refractivity contribution < 1.29 is 4.79 Å². The van der Waals surface area contributed by atoms with Crippen molar-refractivity contribution in [2.24, 2.45) is 5.41 Å². The molecule has 4 fully saturated rings. The lowest BCUT2D eigenvalue weighted by atomic mass is 9.73. The molecule has 3 aromatic rings. The topological polar surface area (TPSA) is 103 Å². The molecule has 41 heavy (non-hydrogen) atoms. The largest absolute Gasteiger partial charge is 0.368 e. The van der Waals surface area contributed by atoms with Crippen molar-refractivity contribution in [1.29, 1.82) is 5.26 Å². The van der Waals surface area contributed by atoms with Gasteiger partial charge in [-0.15, -0.1) is 0 Å². The van der Waals surface area contributed by atoms with Crippen LogP contribution in [0.2, 0.25) is 0 Å². The Morgan fingerprint density at radius 3 is 2.59 bits per heavy atom. The molecule has 2 atom stereocenters. The van der Waals surface area contributed by atoms with Crippen molar-refractivity contribution in [3.05, 3.63) is 63.6 Å². The van der Waals surface area contributed by atoms with Gasteiger partial charge in [-0.3, -0.25) is 14.5 Å². The number of benzene rings is 1. The molecular weight excluding hydrogens is 516 g/mol. The Balaban J connectivity index is 1.08. The van der Waals surface area contributed by atoms with Crippen LogP contribution >= 0.6 is 0 Å². The Morgan fingerprint density at radius 2 is 1.85 bits per heavy atom. The maximum atomic E-state index is 13.1. The second-order valence-electron chi connectivity index (χ2n) is 12.6. The van der Waals surface area contributed by atoms with Crippen molar-refractivity contribution in [2.45, 2.75) is 25.9 Å². The highest BCUT2D eigenvalue weighted by atomic mass is 16.2. The van der Waals surface area contributed by atoms with E-state index in [9.17, 15) is 14.9 Å². The molecule has 2 aromatic heterocycles. The van der Waals surface area contributed by atoms with Crippen LogP contribution in [-0.2, 0) is 0 Å². The number of piperazine rings is 2. The number of aromatic amines is 1. The zero-order chi connectivity index (χ0) is 28.5. The van der Waals surface area contributed by atoms with E-state index in [1.807, 2.05) is 23.1 Å². The van der Waals surface area contributed by atoms with Crippen LogP contribution in [0, 0.1) is 23.7 Å². The number of hydrogen-bond acceptors (Lipinski definition) is 8. The van der Waals surface area contributed by atoms with Crippen molar-refractivity contribution in [3.63, 3.8) is 0 Å². The van der Waals surface area contributed by atoms with Gasteiger partial charge in [0, 0.05) is 99.7 Å². The molecule has 2 unspecified atom stereocenters. The van der Waals surface area contributed by atoms with E-state index in [1.165, 1.54) is 6.07 Å². The summed E-state index contributed by atoms with van der Waals surface area (Å²) in [5, 5.41) is 10.5. The number of hydrogen-bond donors (Lipinski definition) is 1. The Morgan fingerprint density at radius 1 is 1.07 bits per heavy atom. The molecule has 212 valence electrons. The number of nitrogens with one attached hydrogen (secondary N) is 1.